The molecule has 0 spiro atoms. The Morgan fingerprint density at radius 2 is 1.82 bits per heavy atom. The fourth-order valence-corrected chi connectivity index (χ4v) is 3.08. The van der Waals surface area contributed by atoms with Crippen molar-refractivity contribution in [1.82, 2.24) is 4.98 Å². The number of nitrogens with zero attached hydrogens (tertiary/aromatic N) is 1. The molecule has 0 aliphatic heterocycles. The van der Waals surface area contributed by atoms with Crippen molar-refractivity contribution in [2.75, 3.05) is 0 Å². The minimum atomic E-state index is -4.16. The molecule has 3 rings (SSSR count). The maximum Gasteiger partial charge on any atom is 0.269 e. The molecule has 22 heavy (non-hydrogen) atoms. The molecule has 0 saturated carbocycles. The molecule has 1 heterocycles. The number of fused-ring (bicyclic) bond motifs is 2. The number of hydrogen-bond donors (Lipinski definition) is 1. The fraction of sp³-hybridized carbons (Fsp3) is 0.0667. The minimum Gasteiger partial charge on any atom is -0.289 e. The minimum absolute atomic E-state index is 0.290. The second-order valence-electron chi connectivity index (χ2n) is 4.90. The summed E-state index contributed by atoms with van der Waals surface area (Å²) in [6, 6.07) is 9.63. The number of aromatic nitrogens is 1. The van der Waals surface area contributed by atoms with Gasteiger partial charge in [-0.1, -0.05) is 29.8 Å². The lowest BCUT2D eigenvalue weighted by atomic mass is 10.1. The molecule has 0 atom stereocenters. The first-order valence-electron chi connectivity index (χ1n) is 6.30. The Kier molecular flexibility index (Phi) is 3.60. The van der Waals surface area contributed by atoms with Gasteiger partial charge in [-0.15, -0.1) is 0 Å². The Labute approximate surface area is 130 Å². The van der Waals surface area contributed by atoms with Crippen molar-refractivity contribution in [2.24, 2.45) is 0 Å². The smallest absolute Gasteiger partial charge is 0.269 e. The third-order valence-electron chi connectivity index (χ3n) is 3.26. The van der Waals surface area contributed by atoms with Gasteiger partial charge in [0.25, 0.3) is 10.1 Å². The van der Waals surface area contributed by atoms with Gasteiger partial charge in [-0.3, -0.25) is 14.3 Å². The summed E-state index contributed by atoms with van der Waals surface area (Å²) in [7, 11) is -4.16. The average molecular weight is 336 g/mol. The number of hydrogen-bond acceptors (Lipinski definition) is 4. The van der Waals surface area contributed by atoms with E-state index in [-0.39, 0.29) is 5.43 Å². The molecule has 0 saturated heterocycles. The van der Waals surface area contributed by atoms with E-state index in [0.717, 1.165) is 0 Å². The molecule has 0 aliphatic rings. The van der Waals surface area contributed by atoms with Crippen LogP contribution in [0.25, 0.3) is 21.7 Å². The van der Waals surface area contributed by atoms with E-state index in [2.05, 4.69) is 4.98 Å². The highest BCUT2D eigenvalue weighted by Crippen LogP contribution is 2.19. The highest BCUT2D eigenvalue weighted by Gasteiger charge is 2.09. The fourth-order valence-electron chi connectivity index (χ4n) is 2.32. The van der Waals surface area contributed by atoms with Crippen LogP contribution in [0.4, 0.5) is 0 Å². The molecule has 0 aliphatic carbocycles. The van der Waals surface area contributed by atoms with Gasteiger partial charge in [-0.25, -0.2) is 0 Å². The van der Waals surface area contributed by atoms with Gasteiger partial charge in [-0.2, -0.15) is 8.42 Å². The zero-order valence-corrected chi connectivity index (χ0v) is 12.7. The molecule has 3 aromatic rings. The Hall–Kier alpha value is -2.02. The van der Waals surface area contributed by atoms with Crippen molar-refractivity contribution in [1.29, 1.82) is 0 Å². The molecule has 2 aromatic carbocycles. The quantitative estimate of drug-likeness (QED) is 0.728. The number of benzene rings is 1. The molecule has 0 fully saturated rings. The Balaban J connectivity index is 2.38. The van der Waals surface area contributed by atoms with Crippen molar-refractivity contribution < 1.29 is 13.0 Å². The zero-order valence-electron chi connectivity index (χ0n) is 11.2. The van der Waals surface area contributed by atoms with Crippen LogP contribution in [0.1, 0.15) is 5.56 Å². The lowest BCUT2D eigenvalue weighted by Gasteiger charge is -1.99. The Morgan fingerprint density at radius 3 is 2.55 bits per heavy atom. The summed E-state index contributed by atoms with van der Waals surface area (Å²) in [5.41, 5.74) is 0.547. The molecule has 0 unspecified atom stereocenters. The molecular formula is C15H10ClNO4S. The van der Waals surface area contributed by atoms with Gasteiger partial charge < -0.3 is 0 Å². The highest BCUT2D eigenvalue weighted by atomic mass is 35.5. The van der Waals surface area contributed by atoms with Gasteiger partial charge in [0, 0.05) is 17.0 Å². The first-order valence-corrected chi connectivity index (χ1v) is 8.28. The molecule has 0 bridgehead atoms. The lowest BCUT2D eigenvalue weighted by molar-refractivity contribution is 0.482. The van der Waals surface area contributed by atoms with E-state index in [1.54, 1.807) is 24.3 Å². The van der Waals surface area contributed by atoms with Crippen LogP contribution < -0.4 is 5.43 Å². The molecule has 0 amide bonds. The van der Waals surface area contributed by atoms with E-state index in [1.807, 2.05) is 0 Å². The van der Waals surface area contributed by atoms with Gasteiger partial charge in [-0.05, 0) is 29.1 Å². The van der Waals surface area contributed by atoms with E-state index >= 15 is 0 Å². The highest BCUT2D eigenvalue weighted by molar-refractivity contribution is 7.85. The molecular weight excluding hydrogens is 326 g/mol. The monoisotopic (exact) mass is 335 g/mol. The van der Waals surface area contributed by atoms with Crippen LogP contribution in [0.2, 0.25) is 5.02 Å². The SMILES string of the molecule is O=c1c2cc(CS(=O)(=O)O)ccc2ccc2ncc(Cl)cc12. The summed E-state index contributed by atoms with van der Waals surface area (Å²) >= 11 is 5.89. The predicted octanol–water partition coefficient (Wildman–Crippen LogP) is 2.79. The molecule has 1 aromatic heterocycles. The molecule has 7 heteroatoms. The van der Waals surface area contributed by atoms with Gasteiger partial charge in [0.05, 0.1) is 10.5 Å². The summed E-state index contributed by atoms with van der Waals surface area (Å²) in [6.07, 6.45) is 1.46. The number of rotatable bonds is 2. The normalized spacial score (nSPS) is 11.9. The largest absolute Gasteiger partial charge is 0.289 e. The van der Waals surface area contributed by atoms with E-state index in [0.29, 0.717) is 32.3 Å². The number of halogens is 1. The van der Waals surface area contributed by atoms with Gasteiger partial charge in [0.1, 0.15) is 5.75 Å². The third-order valence-corrected chi connectivity index (χ3v) is 4.17. The summed E-state index contributed by atoms with van der Waals surface area (Å²) in [5, 5.41) is 1.70. The average Bonchev–Trinajstić information content (AvgIpc) is 2.56. The molecule has 112 valence electrons. The van der Waals surface area contributed by atoms with Crippen LogP contribution in [-0.2, 0) is 15.9 Å². The second kappa shape index (κ2) is 5.31. The van der Waals surface area contributed by atoms with E-state index in [4.69, 9.17) is 16.2 Å². The van der Waals surface area contributed by atoms with Crippen LogP contribution in [0.15, 0.2) is 47.4 Å². The van der Waals surface area contributed by atoms with Crippen molar-refractivity contribution >= 4 is 43.4 Å². The number of pyridine rings is 1. The van der Waals surface area contributed by atoms with Gasteiger partial charge in [0.2, 0.25) is 0 Å². The van der Waals surface area contributed by atoms with Crippen molar-refractivity contribution in [3.05, 3.63) is 63.4 Å². The van der Waals surface area contributed by atoms with Gasteiger partial charge in [0.15, 0.2) is 5.43 Å². The molecule has 5 nitrogen and oxygen atoms in total. The lowest BCUT2D eigenvalue weighted by Crippen LogP contribution is -2.03. The summed E-state index contributed by atoms with van der Waals surface area (Å²) in [4.78, 5) is 16.8. The van der Waals surface area contributed by atoms with Crippen molar-refractivity contribution in [3.63, 3.8) is 0 Å². The van der Waals surface area contributed by atoms with E-state index in [9.17, 15) is 13.2 Å². The standard InChI is InChI=1S/C15H10ClNO4S/c16-11-6-13-14(17-7-11)4-3-10-2-1-9(8-22(19,20)21)5-12(10)15(13)18/h1-7H,8H2,(H,19,20,21). The van der Waals surface area contributed by atoms with Crippen LogP contribution in [-0.4, -0.2) is 18.0 Å². The summed E-state index contributed by atoms with van der Waals surface area (Å²) in [5.74, 6) is -0.544. The summed E-state index contributed by atoms with van der Waals surface area (Å²) < 4.78 is 30.9. The Bertz CT molecular complexity index is 1060. The second-order valence-corrected chi connectivity index (χ2v) is 6.79. The maximum absolute atomic E-state index is 12.6. The van der Waals surface area contributed by atoms with E-state index in [1.165, 1.54) is 18.3 Å². The molecule has 0 radical (unpaired) electrons. The van der Waals surface area contributed by atoms with Crippen LogP contribution in [0.5, 0.6) is 0 Å². The predicted molar refractivity (Wildman–Crippen MR) is 85.8 cm³/mol. The first-order chi connectivity index (χ1) is 10.3. The summed E-state index contributed by atoms with van der Waals surface area (Å²) in [6.45, 7) is 0. The van der Waals surface area contributed by atoms with Crippen LogP contribution in [0.3, 0.4) is 0 Å². The van der Waals surface area contributed by atoms with Crippen LogP contribution in [0, 0.1) is 0 Å². The van der Waals surface area contributed by atoms with Gasteiger partial charge >= 0.3 is 0 Å². The zero-order chi connectivity index (χ0) is 15.9. The third kappa shape index (κ3) is 2.94. The van der Waals surface area contributed by atoms with Crippen molar-refractivity contribution in [2.45, 2.75) is 5.75 Å². The topological polar surface area (TPSA) is 84.3 Å². The maximum atomic E-state index is 12.6. The van der Waals surface area contributed by atoms with Crippen LogP contribution >= 0.6 is 11.6 Å². The van der Waals surface area contributed by atoms with E-state index < -0.39 is 15.9 Å². The van der Waals surface area contributed by atoms with Crippen molar-refractivity contribution in [3.8, 4) is 0 Å². The Morgan fingerprint density at radius 1 is 1.09 bits per heavy atom. The first kappa shape index (κ1) is 14.9. The molecule has 1 N–H and O–H groups in total.